The molecule has 1 atom stereocenters. The van der Waals surface area contributed by atoms with Gasteiger partial charge in [0.2, 0.25) is 0 Å². The zero-order chi connectivity index (χ0) is 14.8. The molecule has 21 heavy (non-hydrogen) atoms. The van der Waals surface area contributed by atoms with Gasteiger partial charge in [0.05, 0.1) is 5.69 Å². The van der Waals surface area contributed by atoms with Crippen LogP contribution in [0, 0.1) is 5.82 Å². The molecule has 106 valence electrons. The lowest BCUT2D eigenvalue weighted by Crippen LogP contribution is -2.05. The van der Waals surface area contributed by atoms with Gasteiger partial charge in [-0.05, 0) is 35.2 Å². The van der Waals surface area contributed by atoms with Gasteiger partial charge in [0.15, 0.2) is 0 Å². The number of nitrogens with zero attached hydrogens (tertiary/aromatic N) is 1. The summed E-state index contributed by atoms with van der Waals surface area (Å²) in [4.78, 5) is 4.30. The van der Waals surface area contributed by atoms with E-state index in [1.54, 1.807) is 12.3 Å². The lowest BCUT2D eigenvalue weighted by molar-refractivity contribution is 0.175. The highest BCUT2D eigenvalue weighted by Gasteiger charge is 2.15. The third kappa shape index (κ3) is 2.96. The minimum Gasteiger partial charge on any atom is -0.386 e. The number of benzene rings is 2. The van der Waals surface area contributed by atoms with E-state index in [1.165, 1.54) is 12.1 Å². The molecule has 0 aliphatic carbocycles. The molecule has 4 heteroatoms. The minimum absolute atomic E-state index is 0.305. The number of halogens is 2. The monoisotopic (exact) mass is 345 g/mol. The summed E-state index contributed by atoms with van der Waals surface area (Å²) in [6.45, 7) is 0. The summed E-state index contributed by atoms with van der Waals surface area (Å²) in [5.41, 5.74) is 1.33. The molecule has 0 fully saturated rings. The summed E-state index contributed by atoms with van der Waals surface area (Å²) >= 11 is 3.38. The average Bonchev–Trinajstić information content (AvgIpc) is 2.50. The molecule has 1 aromatic heterocycles. The van der Waals surface area contributed by atoms with Crippen molar-refractivity contribution in [3.63, 3.8) is 0 Å². The Morgan fingerprint density at radius 1 is 1.14 bits per heavy atom. The van der Waals surface area contributed by atoms with E-state index in [1.807, 2.05) is 30.3 Å². The van der Waals surface area contributed by atoms with Crippen LogP contribution in [0.1, 0.15) is 17.4 Å². The number of aliphatic hydroxyl groups is 1. The Morgan fingerprint density at radius 2 is 1.95 bits per heavy atom. The average molecular weight is 346 g/mol. The smallest absolute Gasteiger partial charge is 0.123 e. The van der Waals surface area contributed by atoms with Crippen LogP contribution < -0.4 is 0 Å². The van der Waals surface area contributed by atoms with Crippen LogP contribution in [0.5, 0.6) is 0 Å². The van der Waals surface area contributed by atoms with Gasteiger partial charge in [0, 0.05) is 22.5 Å². The van der Waals surface area contributed by atoms with Crippen LogP contribution in [0.2, 0.25) is 0 Å². The summed E-state index contributed by atoms with van der Waals surface area (Å²) in [5.74, 6) is -0.314. The molecule has 0 saturated carbocycles. The maximum Gasteiger partial charge on any atom is 0.123 e. The molecule has 0 saturated heterocycles. The summed E-state index contributed by atoms with van der Waals surface area (Å²) in [7, 11) is 0. The van der Waals surface area contributed by atoms with E-state index in [-0.39, 0.29) is 5.82 Å². The largest absolute Gasteiger partial charge is 0.386 e. The first-order chi connectivity index (χ1) is 10.1. The second-order valence-electron chi connectivity index (χ2n) is 4.87. The first-order valence-electron chi connectivity index (χ1n) is 6.61. The molecule has 0 aliphatic rings. The fraction of sp³-hybridized carbons (Fsp3) is 0.118. The van der Waals surface area contributed by atoms with E-state index >= 15 is 0 Å². The second kappa shape index (κ2) is 5.92. The molecule has 2 nitrogen and oxygen atoms in total. The van der Waals surface area contributed by atoms with Crippen LogP contribution in [0.15, 0.2) is 59.2 Å². The molecule has 3 rings (SSSR count). The van der Waals surface area contributed by atoms with E-state index in [9.17, 15) is 9.50 Å². The van der Waals surface area contributed by atoms with E-state index in [4.69, 9.17) is 0 Å². The molecule has 0 radical (unpaired) electrons. The van der Waals surface area contributed by atoms with Crippen LogP contribution in [0.3, 0.4) is 0 Å². The van der Waals surface area contributed by atoms with Crippen molar-refractivity contribution in [3.05, 3.63) is 76.3 Å². The van der Waals surface area contributed by atoms with Crippen LogP contribution in [0.4, 0.5) is 4.39 Å². The van der Waals surface area contributed by atoms with Crippen molar-refractivity contribution in [1.29, 1.82) is 0 Å². The topological polar surface area (TPSA) is 33.1 Å². The highest BCUT2D eigenvalue weighted by Crippen LogP contribution is 2.27. The standard InChI is InChI=1S/C17H13BrFNO/c18-15-6-5-13(19)9-12(15)10-16(21)17-14-4-2-1-3-11(14)7-8-20-17/h1-9,16,21H,10H2. The van der Waals surface area contributed by atoms with Gasteiger partial charge in [-0.15, -0.1) is 0 Å². The normalized spacial score (nSPS) is 12.5. The van der Waals surface area contributed by atoms with E-state index < -0.39 is 6.10 Å². The van der Waals surface area contributed by atoms with Gasteiger partial charge in [0.25, 0.3) is 0 Å². The lowest BCUT2D eigenvalue weighted by atomic mass is 10.0. The van der Waals surface area contributed by atoms with Crippen molar-refractivity contribution in [2.45, 2.75) is 12.5 Å². The highest BCUT2D eigenvalue weighted by atomic mass is 79.9. The molecular formula is C17H13BrFNO. The zero-order valence-corrected chi connectivity index (χ0v) is 12.7. The molecule has 0 bridgehead atoms. The number of rotatable bonds is 3. The highest BCUT2D eigenvalue weighted by molar-refractivity contribution is 9.10. The summed E-state index contributed by atoms with van der Waals surface area (Å²) in [6.07, 6.45) is 1.20. The van der Waals surface area contributed by atoms with Crippen molar-refractivity contribution in [1.82, 2.24) is 4.98 Å². The van der Waals surface area contributed by atoms with E-state index in [0.29, 0.717) is 12.1 Å². The van der Waals surface area contributed by atoms with E-state index in [0.717, 1.165) is 20.8 Å². The van der Waals surface area contributed by atoms with Crippen molar-refractivity contribution >= 4 is 26.7 Å². The second-order valence-corrected chi connectivity index (χ2v) is 5.73. The first-order valence-corrected chi connectivity index (χ1v) is 7.40. The first kappa shape index (κ1) is 14.2. The third-order valence-electron chi connectivity index (χ3n) is 3.44. The predicted octanol–water partition coefficient (Wildman–Crippen LogP) is 4.41. The van der Waals surface area contributed by atoms with Crippen molar-refractivity contribution in [2.75, 3.05) is 0 Å². The maximum absolute atomic E-state index is 13.3. The van der Waals surface area contributed by atoms with Crippen LogP contribution in [-0.4, -0.2) is 10.1 Å². The molecule has 0 spiro atoms. The van der Waals surface area contributed by atoms with Gasteiger partial charge in [-0.2, -0.15) is 0 Å². The molecule has 3 aromatic rings. The Hall–Kier alpha value is -1.78. The molecule has 1 unspecified atom stereocenters. The van der Waals surface area contributed by atoms with Gasteiger partial charge < -0.3 is 5.11 Å². The lowest BCUT2D eigenvalue weighted by Gasteiger charge is -2.14. The van der Waals surface area contributed by atoms with Crippen LogP contribution in [-0.2, 0) is 6.42 Å². The zero-order valence-electron chi connectivity index (χ0n) is 11.1. The van der Waals surface area contributed by atoms with Gasteiger partial charge >= 0.3 is 0 Å². The summed E-state index contributed by atoms with van der Waals surface area (Å²) in [6, 6.07) is 14.1. The maximum atomic E-state index is 13.3. The Kier molecular flexibility index (Phi) is 3.99. The van der Waals surface area contributed by atoms with Crippen molar-refractivity contribution in [2.24, 2.45) is 0 Å². The number of aliphatic hydroxyl groups excluding tert-OH is 1. The minimum atomic E-state index is -0.783. The third-order valence-corrected chi connectivity index (χ3v) is 4.21. The molecular weight excluding hydrogens is 333 g/mol. The predicted molar refractivity (Wildman–Crippen MR) is 84.5 cm³/mol. The number of pyridine rings is 1. The number of fused-ring (bicyclic) bond motifs is 1. The molecule has 1 N–H and O–H groups in total. The van der Waals surface area contributed by atoms with Gasteiger partial charge in [-0.1, -0.05) is 40.2 Å². The van der Waals surface area contributed by atoms with Gasteiger partial charge in [-0.25, -0.2) is 4.39 Å². The molecule has 0 aliphatic heterocycles. The fourth-order valence-corrected chi connectivity index (χ4v) is 2.82. The Bertz CT molecular complexity index is 785. The quantitative estimate of drug-likeness (QED) is 0.762. The molecule has 2 aromatic carbocycles. The molecule has 0 amide bonds. The van der Waals surface area contributed by atoms with Crippen molar-refractivity contribution in [3.8, 4) is 0 Å². The summed E-state index contributed by atoms with van der Waals surface area (Å²) < 4.78 is 14.1. The van der Waals surface area contributed by atoms with Gasteiger partial charge in [-0.3, -0.25) is 4.98 Å². The SMILES string of the molecule is OC(Cc1cc(F)ccc1Br)c1nccc2ccccc12. The summed E-state index contributed by atoms with van der Waals surface area (Å²) in [5, 5.41) is 12.4. The Balaban J connectivity index is 1.97. The molecule has 1 heterocycles. The van der Waals surface area contributed by atoms with Crippen molar-refractivity contribution < 1.29 is 9.50 Å². The fourth-order valence-electron chi connectivity index (χ4n) is 2.41. The Morgan fingerprint density at radius 3 is 2.81 bits per heavy atom. The number of aromatic nitrogens is 1. The van der Waals surface area contributed by atoms with E-state index in [2.05, 4.69) is 20.9 Å². The number of hydrogen-bond donors (Lipinski definition) is 1. The van der Waals surface area contributed by atoms with Crippen LogP contribution in [0.25, 0.3) is 10.8 Å². The van der Waals surface area contributed by atoms with Crippen LogP contribution >= 0.6 is 15.9 Å². The number of hydrogen-bond acceptors (Lipinski definition) is 2. The Labute approximate surface area is 130 Å². The van der Waals surface area contributed by atoms with Gasteiger partial charge in [0.1, 0.15) is 11.9 Å².